The zero-order chi connectivity index (χ0) is 15.7. The monoisotopic (exact) mass is 377 g/mol. The Labute approximate surface area is 139 Å². The normalized spacial score (nSPS) is 12.5. The summed E-state index contributed by atoms with van der Waals surface area (Å²) in [4.78, 5) is 24.6. The van der Waals surface area contributed by atoms with Crippen molar-refractivity contribution in [2.75, 3.05) is 0 Å². The van der Waals surface area contributed by atoms with Crippen molar-refractivity contribution in [1.29, 1.82) is 0 Å². The van der Waals surface area contributed by atoms with Gasteiger partial charge in [-0.2, -0.15) is 0 Å². The number of imidazole rings is 1. The maximum Gasteiger partial charge on any atom is 0.235 e. The molecule has 0 aliphatic carbocycles. The molecule has 8 heteroatoms. The van der Waals surface area contributed by atoms with Gasteiger partial charge in [-0.1, -0.05) is 39.8 Å². The molecule has 112 valence electrons. The first-order valence-electron chi connectivity index (χ1n) is 6.39. The highest BCUT2D eigenvalue weighted by atomic mass is 79.9. The Bertz CT molecular complexity index is 850. The zero-order valence-electron chi connectivity index (χ0n) is 11.6. The van der Waals surface area contributed by atoms with Gasteiger partial charge in [-0.3, -0.25) is 4.79 Å². The van der Waals surface area contributed by atoms with Crippen LogP contribution in [0.1, 0.15) is 10.8 Å². The van der Waals surface area contributed by atoms with E-state index in [4.69, 9.17) is 5.73 Å². The summed E-state index contributed by atoms with van der Waals surface area (Å²) in [5.74, 6) is -0.425. The molecule has 3 aromatic rings. The van der Waals surface area contributed by atoms with Crippen LogP contribution in [0, 0.1) is 0 Å². The van der Waals surface area contributed by atoms with E-state index in [1.54, 1.807) is 10.9 Å². The molecule has 1 unspecified atom stereocenters. The molecule has 1 atom stereocenters. The van der Waals surface area contributed by atoms with Gasteiger partial charge < -0.3 is 10.3 Å². The Hall–Kier alpha value is -1.93. The smallest absolute Gasteiger partial charge is 0.235 e. The number of primary amides is 1. The second kappa shape index (κ2) is 6.05. The van der Waals surface area contributed by atoms with E-state index in [2.05, 4.69) is 30.9 Å². The largest absolute Gasteiger partial charge is 0.368 e. The van der Waals surface area contributed by atoms with E-state index in [9.17, 15) is 4.79 Å². The first kappa shape index (κ1) is 15.0. The Morgan fingerprint density at radius 2 is 2.18 bits per heavy atom. The van der Waals surface area contributed by atoms with Gasteiger partial charge in [-0.15, -0.1) is 0 Å². The van der Waals surface area contributed by atoms with Gasteiger partial charge in [0.05, 0.1) is 6.33 Å². The zero-order valence-corrected chi connectivity index (χ0v) is 14.0. The molecule has 0 bridgehead atoms. The molecule has 1 amide bonds. The predicted molar refractivity (Wildman–Crippen MR) is 88.2 cm³/mol. The number of aryl methyl sites for hydroxylation is 1. The molecular weight excluding hydrogens is 366 g/mol. The molecule has 2 N–H and O–H groups in total. The second-order valence-electron chi connectivity index (χ2n) is 4.66. The van der Waals surface area contributed by atoms with Gasteiger partial charge in [0.15, 0.2) is 5.65 Å². The van der Waals surface area contributed by atoms with Crippen LogP contribution in [-0.4, -0.2) is 25.4 Å². The molecule has 6 nitrogen and oxygen atoms in total. The fraction of sp³-hybridized carbons (Fsp3) is 0.143. The molecule has 22 heavy (non-hydrogen) atoms. The molecule has 0 aliphatic heterocycles. The van der Waals surface area contributed by atoms with Crippen molar-refractivity contribution in [3.8, 4) is 0 Å². The highest BCUT2D eigenvalue weighted by Crippen LogP contribution is 2.37. The van der Waals surface area contributed by atoms with Crippen molar-refractivity contribution in [3.63, 3.8) is 0 Å². The molecule has 0 spiro atoms. The highest BCUT2D eigenvalue weighted by molar-refractivity contribution is 9.10. The Balaban J connectivity index is 2.02. The fourth-order valence-corrected chi connectivity index (χ4v) is 3.48. The number of aromatic nitrogens is 4. The second-order valence-corrected chi connectivity index (χ2v) is 6.67. The number of carbonyl (C=O) groups is 1. The number of rotatable bonds is 4. The van der Waals surface area contributed by atoms with Gasteiger partial charge in [0, 0.05) is 11.5 Å². The number of hydrogen-bond acceptors (Lipinski definition) is 5. The SMILES string of the molecule is Cn1cnc2c(SC(C(N)=O)c3cccc(Br)c3)ncnc21. The maximum absolute atomic E-state index is 11.9. The third kappa shape index (κ3) is 2.84. The molecule has 0 fully saturated rings. The minimum Gasteiger partial charge on any atom is -0.368 e. The first-order valence-corrected chi connectivity index (χ1v) is 8.07. The van der Waals surface area contributed by atoms with Crippen LogP contribution in [0.4, 0.5) is 0 Å². The van der Waals surface area contributed by atoms with Gasteiger partial charge in [0.25, 0.3) is 0 Å². The molecule has 2 heterocycles. The highest BCUT2D eigenvalue weighted by Gasteiger charge is 2.22. The van der Waals surface area contributed by atoms with Crippen LogP contribution in [0.3, 0.4) is 0 Å². The van der Waals surface area contributed by atoms with Gasteiger partial charge in [-0.05, 0) is 17.7 Å². The van der Waals surface area contributed by atoms with Crippen molar-refractivity contribution in [2.24, 2.45) is 12.8 Å². The Kier molecular flexibility index (Phi) is 4.12. The van der Waals surface area contributed by atoms with Crippen LogP contribution in [0.2, 0.25) is 0 Å². The molecule has 0 aliphatic rings. The summed E-state index contributed by atoms with van der Waals surface area (Å²) in [7, 11) is 1.86. The molecule has 3 rings (SSSR count). The van der Waals surface area contributed by atoms with Crippen LogP contribution in [0.15, 0.2) is 46.4 Å². The lowest BCUT2D eigenvalue weighted by atomic mass is 10.1. The summed E-state index contributed by atoms with van der Waals surface area (Å²) >= 11 is 4.68. The van der Waals surface area contributed by atoms with E-state index in [0.29, 0.717) is 10.5 Å². The van der Waals surface area contributed by atoms with Gasteiger partial charge in [0.2, 0.25) is 5.91 Å². The minimum absolute atomic E-state index is 0.425. The predicted octanol–water partition coefficient (Wildman–Crippen LogP) is 2.44. The summed E-state index contributed by atoms with van der Waals surface area (Å²) in [5, 5.41) is 0.0898. The van der Waals surface area contributed by atoms with Crippen molar-refractivity contribution in [3.05, 3.63) is 47.0 Å². The minimum atomic E-state index is -0.544. The quantitative estimate of drug-likeness (QED) is 0.557. The number of hydrogen-bond donors (Lipinski definition) is 1. The van der Waals surface area contributed by atoms with Crippen molar-refractivity contribution >= 4 is 44.8 Å². The molecule has 0 saturated carbocycles. The van der Waals surface area contributed by atoms with E-state index >= 15 is 0 Å². The number of benzene rings is 1. The van der Waals surface area contributed by atoms with E-state index in [-0.39, 0.29) is 0 Å². The van der Waals surface area contributed by atoms with Crippen molar-refractivity contribution < 1.29 is 4.79 Å². The third-order valence-corrected chi connectivity index (χ3v) is 4.86. The number of halogens is 1. The summed E-state index contributed by atoms with van der Waals surface area (Å²) in [6.07, 6.45) is 3.13. The molecule has 1 aromatic carbocycles. The average molecular weight is 378 g/mol. The number of fused-ring (bicyclic) bond motifs is 1. The van der Waals surface area contributed by atoms with Gasteiger partial charge >= 0.3 is 0 Å². The maximum atomic E-state index is 11.9. The number of nitrogens with two attached hydrogens (primary N) is 1. The lowest BCUT2D eigenvalue weighted by molar-refractivity contribution is -0.117. The van der Waals surface area contributed by atoms with Crippen molar-refractivity contribution in [1.82, 2.24) is 19.5 Å². The van der Waals surface area contributed by atoms with E-state index in [1.165, 1.54) is 18.1 Å². The Morgan fingerprint density at radius 3 is 2.91 bits per heavy atom. The lowest BCUT2D eigenvalue weighted by Crippen LogP contribution is -2.19. The van der Waals surface area contributed by atoms with E-state index < -0.39 is 11.2 Å². The van der Waals surface area contributed by atoms with E-state index in [0.717, 1.165) is 15.7 Å². The summed E-state index contributed by atoms with van der Waals surface area (Å²) in [6.45, 7) is 0. The third-order valence-electron chi connectivity index (χ3n) is 3.10. The standard InChI is InChI=1S/C14H12BrN5OS/c1-20-7-19-10-13(20)17-6-18-14(10)22-11(12(16)21)8-3-2-4-9(15)5-8/h2-7,11H,1H3,(H2,16,21). The summed E-state index contributed by atoms with van der Waals surface area (Å²) in [5.41, 5.74) is 7.77. The molecule has 2 aromatic heterocycles. The van der Waals surface area contributed by atoms with Crippen LogP contribution in [0.25, 0.3) is 11.2 Å². The Morgan fingerprint density at radius 1 is 1.36 bits per heavy atom. The van der Waals surface area contributed by atoms with Crippen LogP contribution in [-0.2, 0) is 11.8 Å². The molecule has 0 radical (unpaired) electrons. The van der Waals surface area contributed by atoms with Crippen LogP contribution < -0.4 is 5.73 Å². The van der Waals surface area contributed by atoms with Gasteiger partial charge in [-0.25, -0.2) is 15.0 Å². The summed E-state index contributed by atoms with van der Waals surface area (Å²) < 4.78 is 2.70. The summed E-state index contributed by atoms with van der Waals surface area (Å²) in [6, 6.07) is 7.50. The van der Waals surface area contributed by atoms with Crippen molar-refractivity contribution in [2.45, 2.75) is 10.3 Å². The average Bonchev–Trinajstić information content (AvgIpc) is 2.87. The molecule has 0 saturated heterocycles. The number of amides is 1. The van der Waals surface area contributed by atoms with Crippen LogP contribution >= 0.6 is 27.7 Å². The lowest BCUT2D eigenvalue weighted by Gasteiger charge is -2.13. The topological polar surface area (TPSA) is 86.7 Å². The van der Waals surface area contributed by atoms with E-state index in [1.807, 2.05) is 31.3 Å². The number of carbonyl (C=O) groups excluding carboxylic acids is 1. The number of nitrogens with zero attached hydrogens (tertiary/aromatic N) is 4. The first-order chi connectivity index (χ1) is 10.6. The fourth-order valence-electron chi connectivity index (χ4n) is 2.08. The van der Waals surface area contributed by atoms with Crippen LogP contribution in [0.5, 0.6) is 0 Å². The number of thioether (sulfide) groups is 1. The van der Waals surface area contributed by atoms with Gasteiger partial charge in [0.1, 0.15) is 22.1 Å². The molecular formula is C14H12BrN5OS.